The summed E-state index contributed by atoms with van der Waals surface area (Å²) in [5.41, 5.74) is 7.36. The molecule has 1 heterocycles. The first-order valence-corrected chi connectivity index (χ1v) is 6.74. The van der Waals surface area contributed by atoms with Crippen molar-refractivity contribution in [2.75, 3.05) is 6.61 Å². The maximum absolute atomic E-state index is 13.0. The molecule has 0 amide bonds. The fourth-order valence-corrected chi connectivity index (χ4v) is 2.19. The van der Waals surface area contributed by atoms with Crippen LogP contribution in [0.3, 0.4) is 0 Å². The van der Waals surface area contributed by atoms with E-state index in [0.717, 1.165) is 11.3 Å². The summed E-state index contributed by atoms with van der Waals surface area (Å²) in [6.07, 6.45) is 1.86. The maximum Gasteiger partial charge on any atom is 0.141 e. The summed E-state index contributed by atoms with van der Waals surface area (Å²) in [4.78, 5) is 4.13. The van der Waals surface area contributed by atoms with Crippen LogP contribution in [-0.4, -0.2) is 11.6 Å². The van der Waals surface area contributed by atoms with E-state index < -0.39 is 5.54 Å². The van der Waals surface area contributed by atoms with E-state index in [9.17, 15) is 4.39 Å². The van der Waals surface area contributed by atoms with Crippen LogP contribution in [0.25, 0.3) is 0 Å². The third-order valence-electron chi connectivity index (χ3n) is 3.42. The van der Waals surface area contributed by atoms with E-state index in [1.165, 1.54) is 12.3 Å². The molecule has 0 aliphatic rings. The Morgan fingerprint density at radius 3 is 2.35 bits per heavy atom. The Morgan fingerprint density at radius 1 is 1.15 bits per heavy atom. The third-order valence-corrected chi connectivity index (χ3v) is 3.42. The number of halogens is 1. The van der Waals surface area contributed by atoms with Gasteiger partial charge in [0.2, 0.25) is 0 Å². The second-order valence-electron chi connectivity index (χ2n) is 4.64. The standard InChI is InChI=1S/C16H19FN2O/c1-3-16(18,15-10-7-13(17)11-19-15)12-5-8-14(9-6-12)20-4-2/h5-11H,3-4,18H2,1-2H3. The Balaban J connectivity index is 2.36. The van der Waals surface area contributed by atoms with Gasteiger partial charge in [-0.15, -0.1) is 0 Å². The smallest absolute Gasteiger partial charge is 0.141 e. The largest absolute Gasteiger partial charge is 0.494 e. The zero-order valence-electron chi connectivity index (χ0n) is 11.8. The molecular weight excluding hydrogens is 255 g/mol. The summed E-state index contributed by atoms with van der Waals surface area (Å²) >= 11 is 0. The van der Waals surface area contributed by atoms with Gasteiger partial charge in [0.15, 0.2) is 0 Å². The molecule has 0 aliphatic carbocycles. The third kappa shape index (κ3) is 2.80. The topological polar surface area (TPSA) is 48.1 Å². The van der Waals surface area contributed by atoms with Crippen LogP contribution in [-0.2, 0) is 5.54 Å². The normalized spacial score (nSPS) is 13.8. The number of hydrogen-bond donors (Lipinski definition) is 1. The Morgan fingerprint density at radius 2 is 1.85 bits per heavy atom. The van der Waals surface area contributed by atoms with Gasteiger partial charge in [0.05, 0.1) is 24.0 Å². The average molecular weight is 274 g/mol. The van der Waals surface area contributed by atoms with Gasteiger partial charge in [-0.1, -0.05) is 19.1 Å². The van der Waals surface area contributed by atoms with Crippen LogP contribution in [0.2, 0.25) is 0 Å². The van der Waals surface area contributed by atoms with Crippen LogP contribution in [0, 0.1) is 5.82 Å². The average Bonchev–Trinajstić information content (AvgIpc) is 2.48. The predicted molar refractivity (Wildman–Crippen MR) is 77.1 cm³/mol. The van der Waals surface area contributed by atoms with Gasteiger partial charge in [0, 0.05) is 0 Å². The fourth-order valence-electron chi connectivity index (χ4n) is 2.19. The van der Waals surface area contributed by atoms with Gasteiger partial charge in [-0.3, -0.25) is 4.98 Å². The first kappa shape index (κ1) is 14.5. The second kappa shape index (κ2) is 6.01. The molecule has 3 nitrogen and oxygen atoms in total. The van der Waals surface area contributed by atoms with E-state index in [1.807, 2.05) is 38.1 Å². The van der Waals surface area contributed by atoms with Gasteiger partial charge in [-0.25, -0.2) is 4.39 Å². The van der Waals surface area contributed by atoms with Gasteiger partial charge < -0.3 is 10.5 Å². The Kier molecular flexibility index (Phi) is 4.35. The van der Waals surface area contributed by atoms with Crippen molar-refractivity contribution < 1.29 is 9.13 Å². The number of rotatable bonds is 5. The van der Waals surface area contributed by atoms with E-state index in [0.29, 0.717) is 18.7 Å². The highest BCUT2D eigenvalue weighted by atomic mass is 19.1. The Labute approximate surface area is 118 Å². The summed E-state index contributed by atoms with van der Waals surface area (Å²) in [6, 6.07) is 10.7. The molecule has 1 aromatic carbocycles. The van der Waals surface area contributed by atoms with Crippen molar-refractivity contribution in [1.29, 1.82) is 0 Å². The molecule has 0 saturated heterocycles. The lowest BCUT2D eigenvalue weighted by Crippen LogP contribution is -2.38. The molecule has 0 saturated carbocycles. The molecule has 2 rings (SSSR count). The molecular formula is C16H19FN2O. The molecule has 0 bridgehead atoms. The monoisotopic (exact) mass is 274 g/mol. The quantitative estimate of drug-likeness (QED) is 0.910. The molecule has 106 valence electrons. The first-order valence-electron chi connectivity index (χ1n) is 6.74. The summed E-state index contributed by atoms with van der Waals surface area (Å²) < 4.78 is 18.4. The molecule has 2 N–H and O–H groups in total. The maximum atomic E-state index is 13.0. The van der Waals surface area contributed by atoms with Crippen LogP contribution < -0.4 is 10.5 Å². The highest BCUT2D eigenvalue weighted by Gasteiger charge is 2.29. The zero-order valence-corrected chi connectivity index (χ0v) is 11.8. The van der Waals surface area contributed by atoms with Crippen LogP contribution in [0.15, 0.2) is 42.6 Å². The summed E-state index contributed by atoms with van der Waals surface area (Å²) in [7, 11) is 0. The number of benzene rings is 1. The van der Waals surface area contributed by atoms with Crippen LogP contribution in [0.1, 0.15) is 31.5 Å². The number of nitrogens with zero attached hydrogens (tertiary/aromatic N) is 1. The molecule has 2 aromatic rings. The number of aromatic nitrogens is 1. The van der Waals surface area contributed by atoms with Crippen LogP contribution in [0.4, 0.5) is 4.39 Å². The number of ether oxygens (including phenoxy) is 1. The highest BCUT2D eigenvalue weighted by molar-refractivity contribution is 5.37. The fraction of sp³-hybridized carbons (Fsp3) is 0.312. The van der Waals surface area contributed by atoms with Gasteiger partial charge >= 0.3 is 0 Å². The lowest BCUT2D eigenvalue weighted by Gasteiger charge is -2.28. The van der Waals surface area contributed by atoms with E-state index >= 15 is 0 Å². The van der Waals surface area contributed by atoms with Gasteiger partial charge in [-0.2, -0.15) is 0 Å². The lowest BCUT2D eigenvalue weighted by molar-refractivity contribution is 0.340. The number of hydrogen-bond acceptors (Lipinski definition) is 3. The molecule has 0 spiro atoms. The minimum atomic E-state index is -0.724. The molecule has 1 unspecified atom stereocenters. The molecule has 0 radical (unpaired) electrons. The van der Waals surface area contributed by atoms with E-state index in [1.54, 1.807) is 6.07 Å². The number of nitrogens with two attached hydrogens (primary N) is 1. The van der Waals surface area contributed by atoms with Crippen molar-refractivity contribution in [3.05, 3.63) is 59.7 Å². The summed E-state index contributed by atoms with van der Waals surface area (Å²) in [5.74, 6) is 0.445. The SMILES string of the molecule is CCOc1ccc(C(N)(CC)c2ccc(F)cn2)cc1. The first-order chi connectivity index (χ1) is 9.60. The minimum absolute atomic E-state index is 0.362. The summed E-state index contributed by atoms with van der Waals surface area (Å²) in [5, 5.41) is 0. The number of pyridine rings is 1. The highest BCUT2D eigenvalue weighted by Crippen LogP contribution is 2.30. The van der Waals surface area contributed by atoms with Crippen LogP contribution in [0.5, 0.6) is 5.75 Å². The second-order valence-corrected chi connectivity index (χ2v) is 4.64. The molecule has 20 heavy (non-hydrogen) atoms. The Hall–Kier alpha value is -1.94. The van der Waals surface area contributed by atoms with Crippen molar-refractivity contribution in [1.82, 2.24) is 4.98 Å². The molecule has 4 heteroatoms. The Bertz CT molecular complexity index is 554. The van der Waals surface area contributed by atoms with Crippen LogP contribution >= 0.6 is 0 Å². The molecule has 1 atom stereocenters. The minimum Gasteiger partial charge on any atom is -0.494 e. The van der Waals surface area contributed by atoms with Gasteiger partial charge in [-0.05, 0) is 43.2 Å². The molecule has 1 aromatic heterocycles. The van der Waals surface area contributed by atoms with Gasteiger partial charge in [0.1, 0.15) is 11.6 Å². The predicted octanol–water partition coefficient (Wildman–Crippen LogP) is 3.23. The molecule has 0 aliphatic heterocycles. The van der Waals surface area contributed by atoms with Crippen molar-refractivity contribution in [3.8, 4) is 5.75 Å². The summed E-state index contributed by atoms with van der Waals surface area (Å²) in [6.45, 7) is 4.55. The molecule has 0 fully saturated rings. The van der Waals surface area contributed by atoms with Crippen molar-refractivity contribution in [2.24, 2.45) is 5.73 Å². The van der Waals surface area contributed by atoms with Crippen molar-refractivity contribution >= 4 is 0 Å². The van der Waals surface area contributed by atoms with E-state index in [2.05, 4.69) is 4.98 Å². The van der Waals surface area contributed by atoms with E-state index in [-0.39, 0.29) is 5.82 Å². The lowest BCUT2D eigenvalue weighted by atomic mass is 9.85. The van der Waals surface area contributed by atoms with Crippen molar-refractivity contribution in [3.63, 3.8) is 0 Å². The van der Waals surface area contributed by atoms with E-state index in [4.69, 9.17) is 10.5 Å². The van der Waals surface area contributed by atoms with Crippen molar-refractivity contribution in [2.45, 2.75) is 25.8 Å². The van der Waals surface area contributed by atoms with Gasteiger partial charge in [0.25, 0.3) is 0 Å². The zero-order chi connectivity index (χ0) is 14.6.